The summed E-state index contributed by atoms with van der Waals surface area (Å²) in [6.07, 6.45) is 1.25. The first kappa shape index (κ1) is 22.5. The van der Waals surface area contributed by atoms with Gasteiger partial charge in [-0.3, -0.25) is 4.79 Å². The normalized spacial score (nSPS) is 17.3. The number of carbonyl (C=O) groups is 1. The van der Waals surface area contributed by atoms with Gasteiger partial charge in [0.05, 0.1) is 15.9 Å². The van der Waals surface area contributed by atoms with Crippen LogP contribution >= 0.6 is 34.3 Å². The molecule has 4 aromatic rings. The fraction of sp³-hybridized carbons (Fsp3) is 0.217. The van der Waals surface area contributed by atoms with Gasteiger partial charge in [-0.1, -0.05) is 48.0 Å². The van der Waals surface area contributed by atoms with Crippen LogP contribution in [0.25, 0.3) is 22.0 Å². The number of sulfonamides is 1. The van der Waals surface area contributed by atoms with Crippen LogP contribution in [0.15, 0.2) is 64.2 Å². The predicted octanol–water partition coefficient (Wildman–Crippen LogP) is 5.72. The van der Waals surface area contributed by atoms with Gasteiger partial charge in [0.15, 0.2) is 5.13 Å². The van der Waals surface area contributed by atoms with E-state index in [0.717, 1.165) is 33.4 Å². The maximum atomic E-state index is 12.9. The summed E-state index contributed by atoms with van der Waals surface area (Å²) in [5.41, 5.74) is 1.78. The zero-order valence-electron chi connectivity index (χ0n) is 17.4. The highest BCUT2D eigenvalue weighted by Gasteiger charge is 2.34. The smallest absolute Gasteiger partial charge is 0.252 e. The number of benzene rings is 2. The van der Waals surface area contributed by atoms with E-state index in [1.165, 1.54) is 21.7 Å². The number of halogens is 1. The number of hydrogen-bond donors (Lipinski definition) is 1. The number of amides is 1. The van der Waals surface area contributed by atoms with E-state index < -0.39 is 15.9 Å². The van der Waals surface area contributed by atoms with Crippen molar-refractivity contribution in [2.24, 2.45) is 5.92 Å². The highest BCUT2D eigenvalue weighted by atomic mass is 35.5. The van der Waals surface area contributed by atoms with Crippen LogP contribution in [0, 0.1) is 5.92 Å². The number of aromatic nitrogens is 1. The van der Waals surface area contributed by atoms with E-state index in [1.807, 2.05) is 23.6 Å². The van der Waals surface area contributed by atoms with Gasteiger partial charge in [-0.25, -0.2) is 13.4 Å². The molecule has 170 valence electrons. The molecular formula is C23H20ClN3O3S3. The second-order valence-corrected chi connectivity index (χ2v) is 12.6. The Kier molecular flexibility index (Phi) is 6.24. The van der Waals surface area contributed by atoms with Crippen LogP contribution < -0.4 is 5.32 Å². The molecule has 0 saturated carbocycles. The third-order valence-corrected chi connectivity index (χ3v) is 10.00. The van der Waals surface area contributed by atoms with Crippen molar-refractivity contribution in [2.45, 2.75) is 17.1 Å². The van der Waals surface area contributed by atoms with Crippen molar-refractivity contribution in [3.8, 4) is 11.3 Å². The SMILES string of the molecule is O=C(Nc1nc(-c2ccc3ccccc3c2)cs1)C1CCCN(S(=O)(=O)c2ccc(Cl)s2)C1. The molecule has 1 aliphatic rings. The van der Waals surface area contributed by atoms with E-state index >= 15 is 0 Å². The van der Waals surface area contributed by atoms with E-state index in [-0.39, 0.29) is 16.7 Å². The molecule has 1 amide bonds. The van der Waals surface area contributed by atoms with E-state index in [0.29, 0.717) is 28.9 Å². The molecule has 2 aromatic heterocycles. The van der Waals surface area contributed by atoms with Crippen molar-refractivity contribution in [1.82, 2.24) is 9.29 Å². The molecule has 10 heteroatoms. The van der Waals surface area contributed by atoms with Gasteiger partial charge in [0.1, 0.15) is 4.21 Å². The molecule has 1 unspecified atom stereocenters. The minimum atomic E-state index is -3.66. The highest BCUT2D eigenvalue weighted by Crippen LogP contribution is 2.32. The number of nitrogens with zero attached hydrogens (tertiary/aromatic N) is 2. The number of carbonyl (C=O) groups excluding carboxylic acids is 1. The largest absolute Gasteiger partial charge is 0.302 e. The van der Waals surface area contributed by atoms with Crippen molar-refractivity contribution in [3.63, 3.8) is 0 Å². The quantitative estimate of drug-likeness (QED) is 0.367. The Bertz CT molecular complexity index is 1430. The van der Waals surface area contributed by atoms with Gasteiger partial charge in [0, 0.05) is 24.0 Å². The molecule has 1 atom stereocenters. The van der Waals surface area contributed by atoms with Crippen LogP contribution in [0.5, 0.6) is 0 Å². The topological polar surface area (TPSA) is 79.4 Å². The molecule has 2 aromatic carbocycles. The Morgan fingerprint density at radius 2 is 1.94 bits per heavy atom. The minimum Gasteiger partial charge on any atom is -0.302 e. The summed E-state index contributed by atoms with van der Waals surface area (Å²) in [5, 5.41) is 7.59. The lowest BCUT2D eigenvalue weighted by Crippen LogP contribution is -2.43. The fourth-order valence-corrected chi connectivity index (χ4v) is 7.84. The van der Waals surface area contributed by atoms with Gasteiger partial charge in [0.25, 0.3) is 10.0 Å². The van der Waals surface area contributed by atoms with E-state index in [9.17, 15) is 13.2 Å². The number of thiophene rings is 1. The maximum absolute atomic E-state index is 12.9. The summed E-state index contributed by atoms with van der Waals surface area (Å²) in [4.78, 5) is 17.5. The molecule has 1 N–H and O–H groups in total. The van der Waals surface area contributed by atoms with Crippen molar-refractivity contribution in [2.75, 3.05) is 18.4 Å². The fourth-order valence-electron chi connectivity index (χ4n) is 3.96. The number of hydrogen-bond acceptors (Lipinski definition) is 6. The molecule has 0 radical (unpaired) electrons. The number of nitrogens with one attached hydrogen (secondary N) is 1. The first-order valence-corrected chi connectivity index (χ1v) is 13.9. The molecule has 3 heterocycles. The zero-order chi connectivity index (χ0) is 23.0. The van der Waals surface area contributed by atoms with Crippen LogP contribution in [0.1, 0.15) is 12.8 Å². The molecule has 1 saturated heterocycles. The van der Waals surface area contributed by atoms with Crippen molar-refractivity contribution in [3.05, 3.63) is 64.3 Å². The van der Waals surface area contributed by atoms with Crippen molar-refractivity contribution in [1.29, 1.82) is 0 Å². The number of anilines is 1. The number of thiazole rings is 1. The van der Waals surface area contributed by atoms with Gasteiger partial charge < -0.3 is 5.32 Å². The molecule has 0 aliphatic carbocycles. The van der Waals surface area contributed by atoms with Gasteiger partial charge in [-0.15, -0.1) is 22.7 Å². The summed E-state index contributed by atoms with van der Waals surface area (Å²) in [6.45, 7) is 0.539. The number of rotatable bonds is 5. The Hall–Kier alpha value is -2.30. The first-order chi connectivity index (χ1) is 15.9. The van der Waals surface area contributed by atoms with Crippen LogP contribution in [0.3, 0.4) is 0 Å². The van der Waals surface area contributed by atoms with Crippen molar-refractivity contribution >= 4 is 66.1 Å². The zero-order valence-corrected chi connectivity index (χ0v) is 20.6. The van der Waals surface area contributed by atoms with Gasteiger partial charge in [-0.2, -0.15) is 4.31 Å². The summed E-state index contributed by atoms with van der Waals surface area (Å²) in [7, 11) is -3.66. The Labute approximate surface area is 204 Å². The lowest BCUT2D eigenvalue weighted by atomic mass is 9.99. The Balaban J connectivity index is 1.28. The molecule has 0 bridgehead atoms. The average molecular weight is 518 g/mol. The summed E-state index contributed by atoms with van der Waals surface area (Å²) in [6, 6.07) is 17.4. The lowest BCUT2D eigenvalue weighted by molar-refractivity contribution is -0.120. The first-order valence-electron chi connectivity index (χ1n) is 10.4. The predicted molar refractivity (Wildman–Crippen MR) is 134 cm³/mol. The molecule has 33 heavy (non-hydrogen) atoms. The Morgan fingerprint density at radius 3 is 2.73 bits per heavy atom. The Morgan fingerprint density at radius 1 is 1.12 bits per heavy atom. The van der Waals surface area contributed by atoms with Crippen LogP contribution in [-0.2, 0) is 14.8 Å². The van der Waals surface area contributed by atoms with E-state index in [2.05, 4.69) is 34.6 Å². The third kappa shape index (κ3) is 4.69. The van der Waals surface area contributed by atoms with Crippen LogP contribution in [0.2, 0.25) is 4.34 Å². The van der Waals surface area contributed by atoms with Gasteiger partial charge in [0.2, 0.25) is 5.91 Å². The van der Waals surface area contributed by atoms with Crippen molar-refractivity contribution < 1.29 is 13.2 Å². The van der Waals surface area contributed by atoms with Crippen LogP contribution in [-0.4, -0.2) is 36.7 Å². The maximum Gasteiger partial charge on any atom is 0.252 e. The monoisotopic (exact) mass is 517 g/mol. The lowest BCUT2D eigenvalue weighted by Gasteiger charge is -2.30. The third-order valence-electron chi connectivity index (χ3n) is 5.68. The van der Waals surface area contributed by atoms with E-state index in [1.54, 1.807) is 6.07 Å². The minimum absolute atomic E-state index is 0.145. The molecule has 1 fully saturated rings. The molecule has 1 aliphatic heterocycles. The molecule has 5 rings (SSSR count). The number of fused-ring (bicyclic) bond motifs is 1. The summed E-state index contributed by atoms with van der Waals surface area (Å²) >= 11 is 8.30. The van der Waals surface area contributed by atoms with Gasteiger partial charge in [-0.05, 0) is 41.8 Å². The second kappa shape index (κ2) is 9.15. The molecule has 0 spiro atoms. The van der Waals surface area contributed by atoms with E-state index in [4.69, 9.17) is 11.6 Å². The van der Waals surface area contributed by atoms with Gasteiger partial charge >= 0.3 is 0 Å². The second-order valence-electron chi connectivity index (χ2n) is 7.85. The standard InChI is InChI=1S/C23H20ClN3O3S3/c24-20-9-10-21(32-20)33(29,30)27-11-3-6-18(13-27)22(28)26-23-25-19(14-31-23)17-8-7-15-4-1-2-5-16(15)12-17/h1-2,4-5,7-10,12,14,18H,3,6,11,13H2,(H,25,26,28). The highest BCUT2D eigenvalue weighted by molar-refractivity contribution is 7.91. The number of piperidine rings is 1. The molecule has 6 nitrogen and oxygen atoms in total. The molecular weight excluding hydrogens is 498 g/mol. The average Bonchev–Trinajstić information content (AvgIpc) is 3.48. The summed E-state index contributed by atoms with van der Waals surface area (Å²) in [5.74, 6) is -0.643. The summed E-state index contributed by atoms with van der Waals surface area (Å²) < 4.78 is 27.8. The van der Waals surface area contributed by atoms with Crippen LogP contribution in [0.4, 0.5) is 5.13 Å².